The highest BCUT2D eigenvalue weighted by Gasteiger charge is 2.34. The fourth-order valence-electron chi connectivity index (χ4n) is 2.64. The Hall–Kier alpha value is -2.44. The van der Waals surface area contributed by atoms with Crippen LogP contribution in [0.3, 0.4) is 0 Å². The molecule has 0 aliphatic rings. The molecule has 0 bridgehead atoms. The lowest BCUT2D eigenvalue weighted by atomic mass is 9.88. The number of rotatable bonds is 19. The summed E-state index contributed by atoms with van der Waals surface area (Å²) in [5.41, 5.74) is 0. The lowest BCUT2D eigenvalue weighted by molar-refractivity contribution is -0.159. The van der Waals surface area contributed by atoms with E-state index in [-0.39, 0.29) is 32.7 Å². The van der Waals surface area contributed by atoms with Crippen LogP contribution in [0.4, 0.5) is 0 Å². The number of ether oxygens (including phenoxy) is 3. The van der Waals surface area contributed by atoms with Crippen molar-refractivity contribution >= 4 is 24.2 Å². The molecule has 0 saturated carbocycles. The molecule has 7 heteroatoms. The molecule has 0 aromatic rings. The predicted octanol–water partition coefficient (Wildman–Crippen LogP) is 3.95. The Bertz CT molecular complexity index is 542. The molecular weight excluding hydrogens is 388 g/mol. The van der Waals surface area contributed by atoms with Gasteiger partial charge in [-0.1, -0.05) is 31.9 Å². The second-order valence-corrected chi connectivity index (χ2v) is 6.99. The number of hydrogen-bond acceptors (Lipinski definition) is 7. The average Bonchev–Trinajstić information content (AvgIpc) is 2.74. The van der Waals surface area contributed by atoms with Crippen LogP contribution in [0.2, 0.25) is 0 Å². The van der Waals surface area contributed by atoms with Crippen molar-refractivity contribution < 1.29 is 33.4 Å². The maximum atomic E-state index is 12.5. The lowest BCUT2D eigenvalue weighted by Crippen LogP contribution is -2.32. The molecule has 30 heavy (non-hydrogen) atoms. The van der Waals surface area contributed by atoms with Crippen molar-refractivity contribution in [2.75, 3.05) is 19.8 Å². The van der Waals surface area contributed by atoms with Gasteiger partial charge in [-0.05, 0) is 32.1 Å². The Morgan fingerprint density at radius 1 is 0.800 bits per heavy atom. The van der Waals surface area contributed by atoms with Gasteiger partial charge in [0.2, 0.25) is 0 Å². The minimum atomic E-state index is -1.09. The molecule has 2 unspecified atom stereocenters. The molecule has 7 nitrogen and oxygen atoms in total. The quantitative estimate of drug-likeness (QED) is 0.102. The van der Waals surface area contributed by atoms with Crippen molar-refractivity contribution in [1.29, 1.82) is 0 Å². The van der Waals surface area contributed by atoms with Crippen molar-refractivity contribution in [3.63, 3.8) is 0 Å². The number of carbonyl (C=O) groups excluding carboxylic acids is 4. The fourth-order valence-corrected chi connectivity index (χ4v) is 2.64. The van der Waals surface area contributed by atoms with Gasteiger partial charge in [0.1, 0.15) is 6.29 Å². The first-order valence-electron chi connectivity index (χ1n) is 10.6. The number of carbonyl (C=O) groups is 4. The third-order valence-electron chi connectivity index (χ3n) is 4.41. The molecule has 0 saturated heterocycles. The van der Waals surface area contributed by atoms with E-state index < -0.39 is 29.7 Å². The summed E-state index contributed by atoms with van der Waals surface area (Å²) in [4.78, 5) is 48.4. The van der Waals surface area contributed by atoms with Gasteiger partial charge < -0.3 is 19.0 Å². The molecule has 2 atom stereocenters. The average molecular weight is 425 g/mol. The fraction of sp³-hybridized carbons (Fsp3) is 0.652. The first kappa shape index (κ1) is 27.6. The molecule has 170 valence electrons. The van der Waals surface area contributed by atoms with E-state index >= 15 is 0 Å². The number of unbranched alkanes of at least 4 members (excludes halogenated alkanes) is 4. The molecule has 0 spiro atoms. The second kappa shape index (κ2) is 18.6. The Morgan fingerprint density at radius 3 is 1.87 bits per heavy atom. The van der Waals surface area contributed by atoms with E-state index in [0.29, 0.717) is 32.0 Å². The smallest absolute Gasteiger partial charge is 0.310 e. The van der Waals surface area contributed by atoms with E-state index in [1.807, 2.05) is 6.92 Å². The topological polar surface area (TPSA) is 96.0 Å². The van der Waals surface area contributed by atoms with E-state index in [1.165, 1.54) is 0 Å². The maximum Gasteiger partial charge on any atom is 0.310 e. The zero-order valence-corrected chi connectivity index (χ0v) is 18.1. The minimum absolute atomic E-state index is 0.143. The highest BCUT2D eigenvalue weighted by molar-refractivity contribution is 5.84. The highest BCUT2D eigenvalue weighted by atomic mass is 16.5. The second-order valence-electron chi connectivity index (χ2n) is 6.99. The van der Waals surface area contributed by atoms with Crippen molar-refractivity contribution in [2.45, 2.75) is 64.7 Å². The first-order chi connectivity index (χ1) is 14.5. The number of hydrogen-bond donors (Lipinski definition) is 0. The zero-order valence-electron chi connectivity index (χ0n) is 18.1. The van der Waals surface area contributed by atoms with Crippen LogP contribution in [0, 0.1) is 11.8 Å². The van der Waals surface area contributed by atoms with Crippen LogP contribution in [0.1, 0.15) is 64.7 Å². The Kier molecular flexibility index (Phi) is 17.1. The van der Waals surface area contributed by atoms with Gasteiger partial charge in [0.25, 0.3) is 0 Å². The summed E-state index contributed by atoms with van der Waals surface area (Å²) in [5.74, 6) is -4.00. The van der Waals surface area contributed by atoms with Crippen LogP contribution in [0.25, 0.3) is 0 Å². The molecule has 0 fully saturated rings. The summed E-state index contributed by atoms with van der Waals surface area (Å²) >= 11 is 0. The highest BCUT2D eigenvalue weighted by Crippen LogP contribution is 2.22. The molecule has 0 aliphatic carbocycles. The molecule has 0 heterocycles. The Labute approximate surface area is 179 Å². The van der Waals surface area contributed by atoms with Crippen molar-refractivity contribution in [2.24, 2.45) is 11.8 Å². The minimum Gasteiger partial charge on any atom is -0.466 e. The van der Waals surface area contributed by atoms with Gasteiger partial charge >= 0.3 is 17.9 Å². The van der Waals surface area contributed by atoms with Crippen molar-refractivity contribution in [3.05, 3.63) is 25.3 Å². The molecular formula is C23H36O7. The molecule has 0 rings (SSSR count). The van der Waals surface area contributed by atoms with E-state index in [0.717, 1.165) is 19.3 Å². The molecule has 0 aromatic heterocycles. The molecule has 0 amide bonds. The summed E-state index contributed by atoms with van der Waals surface area (Å²) in [6.07, 6.45) is 8.53. The van der Waals surface area contributed by atoms with E-state index in [1.54, 1.807) is 12.2 Å². The van der Waals surface area contributed by atoms with Crippen LogP contribution in [0.15, 0.2) is 25.3 Å². The SMILES string of the molecule is C=CCCCOC(=O)CC(C=O)C(CC(=O)OCCCCC)C(=O)OCCCC=C. The third-order valence-corrected chi connectivity index (χ3v) is 4.41. The normalized spacial score (nSPS) is 12.3. The summed E-state index contributed by atoms with van der Waals surface area (Å²) in [7, 11) is 0. The van der Waals surface area contributed by atoms with Crippen molar-refractivity contribution in [1.82, 2.24) is 0 Å². The third kappa shape index (κ3) is 13.7. The number of esters is 3. The van der Waals surface area contributed by atoms with Gasteiger partial charge in [0.05, 0.1) is 38.6 Å². The summed E-state index contributed by atoms with van der Waals surface area (Å²) in [6, 6.07) is 0. The van der Waals surface area contributed by atoms with Gasteiger partial charge in [-0.2, -0.15) is 0 Å². The Morgan fingerprint density at radius 2 is 1.33 bits per heavy atom. The molecule has 0 aliphatic heterocycles. The molecule has 0 N–H and O–H groups in total. The van der Waals surface area contributed by atoms with Gasteiger partial charge in [-0.25, -0.2) is 0 Å². The summed E-state index contributed by atoms with van der Waals surface area (Å²) in [6.45, 7) is 9.82. The molecule has 0 aromatic carbocycles. The standard InChI is InChI=1S/C23H36O7/c1-4-7-10-13-28-21(25)16-19(18-24)20(23(27)30-15-12-9-6-3)17-22(26)29-14-11-8-5-2/h4,6,18-20H,1,3,5,7-17H2,2H3. The van der Waals surface area contributed by atoms with E-state index in [9.17, 15) is 19.2 Å². The number of allylic oxidation sites excluding steroid dienone is 2. The zero-order chi connectivity index (χ0) is 22.6. The van der Waals surface area contributed by atoms with Crippen LogP contribution < -0.4 is 0 Å². The van der Waals surface area contributed by atoms with Crippen LogP contribution >= 0.6 is 0 Å². The van der Waals surface area contributed by atoms with Crippen molar-refractivity contribution in [3.8, 4) is 0 Å². The maximum absolute atomic E-state index is 12.5. The van der Waals surface area contributed by atoms with Crippen LogP contribution in [-0.4, -0.2) is 44.0 Å². The van der Waals surface area contributed by atoms with Gasteiger partial charge in [0.15, 0.2) is 0 Å². The van der Waals surface area contributed by atoms with Crippen LogP contribution in [0.5, 0.6) is 0 Å². The van der Waals surface area contributed by atoms with E-state index in [4.69, 9.17) is 14.2 Å². The predicted molar refractivity (Wildman–Crippen MR) is 114 cm³/mol. The lowest BCUT2D eigenvalue weighted by Gasteiger charge is -2.20. The summed E-state index contributed by atoms with van der Waals surface area (Å²) < 4.78 is 15.5. The monoisotopic (exact) mass is 424 g/mol. The molecule has 0 radical (unpaired) electrons. The van der Waals surface area contributed by atoms with Gasteiger partial charge in [-0.3, -0.25) is 14.4 Å². The first-order valence-corrected chi connectivity index (χ1v) is 10.6. The van der Waals surface area contributed by atoms with Gasteiger partial charge in [-0.15, -0.1) is 13.2 Å². The number of aldehydes is 1. The van der Waals surface area contributed by atoms with Gasteiger partial charge in [0, 0.05) is 5.92 Å². The van der Waals surface area contributed by atoms with Crippen LogP contribution in [-0.2, 0) is 33.4 Å². The largest absolute Gasteiger partial charge is 0.466 e. The van der Waals surface area contributed by atoms with E-state index in [2.05, 4.69) is 13.2 Å². The Balaban J connectivity index is 4.92. The summed E-state index contributed by atoms with van der Waals surface area (Å²) in [5, 5.41) is 0.